The second-order valence-electron chi connectivity index (χ2n) is 7.39. The SMILES string of the molecule is CCNC(=NCC1(O)CCC1)NC1CCN(CC(C)C)CC1.I. The molecule has 0 spiro atoms. The van der Waals surface area contributed by atoms with Crippen LogP contribution in [0.25, 0.3) is 0 Å². The van der Waals surface area contributed by atoms with Crippen LogP contribution in [0.4, 0.5) is 0 Å². The summed E-state index contributed by atoms with van der Waals surface area (Å²) in [6.45, 7) is 11.6. The minimum atomic E-state index is -0.539. The molecule has 0 radical (unpaired) electrons. The standard InChI is InChI=1S/C17H34N4O.HI/c1-4-18-16(19-13-17(22)8-5-9-17)20-15-6-10-21(11-7-15)12-14(2)3;/h14-15,22H,4-13H2,1-3H3,(H2,18,19,20);1H. The van der Waals surface area contributed by atoms with Crippen LogP contribution in [0, 0.1) is 5.92 Å². The van der Waals surface area contributed by atoms with Gasteiger partial charge in [-0.15, -0.1) is 24.0 Å². The maximum absolute atomic E-state index is 10.2. The fraction of sp³-hybridized carbons (Fsp3) is 0.941. The Labute approximate surface area is 158 Å². The van der Waals surface area contributed by atoms with E-state index in [-0.39, 0.29) is 24.0 Å². The van der Waals surface area contributed by atoms with Gasteiger partial charge in [0.1, 0.15) is 0 Å². The Morgan fingerprint density at radius 2 is 1.96 bits per heavy atom. The van der Waals surface area contributed by atoms with E-state index in [9.17, 15) is 5.11 Å². The first-order chi connectivity index (χ1) is 10.5. The minimum absolute atomic E-state index is 0. The molecule has 0 aromatic heterocycles. The molecule has 1 heterocycles. The second kappa shape index (κ2) is 10.0. The van der Waals surface area contributed by atoms with Crippen LogP contribution in [0.3, 0.4) is 0 Å². The molecule has 3 N–H and O–H groups in total. The summed E-state index contributed by atoms with van der Waals surface area (Å²) in [5.74, 6) is 1.61. The monoisotopic (exact) mass is 438 g/mol. The van der Waals surface area contributed by atoms with Gasteiger partial charge in [-0.3, -0.25) is 4.99 Å². The molecule has 23 heavy (non-hydrogen) atoms. The fourth-order valence-corrected chi connectivity index (χ4v) is 3.26. The normalized spacial score (nSPS) is 22.4. The van der Waals surface area contributed by atoms with E-state index >= 15 is 0 Å². The van der Waals surface area contributed by atoms with Gasteiger partial charge < -0.3 is 20.6 Å². The van der Waals surface area contributed by atoms with Crippen molar-refractivity contribution >= 4 is 29.9 Å². The van der Waals surface area contributed by atoms with Crippen LogP contribution in [0.5, 0.6) is 0 Å². The van der Waals surface area contributed by atoms with Crippen molar-refractivity contribution in [2.75, 3.05) is 32.7 Å². The predicted molar refractivity (Wildman–Crippen MR) is 108 cm³/mol. The van der Waals surface area contributed by atoms with Crippen LogP contribution in [0.1, 0.15) is 52.9 Å². The molecule has 0 amide bonds. The Morgan fingerprint density at radius 3 is 2.43 bits per heavy atom. The molecule has 2 fully saturated rings. The van der Waals surface area contributed by atoms with Gasteiger partial charge in [-0.25, -0.2) is 0 Å². The van der Waals surface area contributed by atoms with E-state index in [1.807, 2.05) is 0 Å². The molecule has 1 saturated heterocycles. The van der Waals surface area contributed by atoms with E-state index in [2.05, 4.69) is 41.3 Å². The molecule has 0 bridgehead atoms. The molecular formula is C17H35IN4O. The van der Waals surface area contributed by atoms with Gasteiger partial charge in [-0.1, -0.05) is 13.8 Å². The molecule has 6 heteroatoms. The van der Waals surface area contributed by atoms with Crippen LogP contribution in [-0.2, 0) is 0 Å². The van der Waals surface area contributed by atoms with Gasteiger partial charge in [-0.05, 0) is 44.9 Å². The number of guanidine groups is 1. The molecule has 136 valence electrons. The fourth-order valence-electron chi connectivity index (χ4n) is 3.26. The summed E-state index contributed by atoms with van der Waals surface area (Å²) in [5, 5.41) is 17.0. The summed E-state index contributed by atoms with van der Waals surface area (Å²) in [6, 6.07) is 0.497. The number of likely N-dealkylation sites (tertiary alicyclic amines) is 1. The first-order valence-corrected chi connectivity index (χ1v) is 9.00. The largest absolute Gasteiger partial charge is 0.388 e. The Bertz CT molecular complexity index is 364. The van der Waals surface area contributed by atoms with Crippen molar-refractivity contribution in [3.05, 3.63) is 0 Å². The number of aliphatic hydroxyl groups is 1. The van der Waals surface area contributed by atoms with E-state index in [1.165, 1.54) is 32.5 Å². The van der Waals surface area contributed by atoms with E-state index in [4.69, 9.17) is 0 Å². The van der Waals surface area contributed by atoms with Gasteiger partial charge in [0, 0.05) is 32.2 Å². The lowest BCUT2D eigenvalue weighted by molar-refractivity contribution is -0.0236. The minimum Gasteiger partial charge on any atom is -0.388 e. The molecule has 1 aliphatic heterocycles. The number of rotatable bonds is 6. The Kier molecular flexibility index (Phi) is 9.15. The highest BCUT2D eigenvalue weighted by Gasteiger charge is 2.34. The number of nitrogens with zero attached hydrogens (tertiary/aromatic N) is 2. The van der Waals surface area contributed by atoms with Gasteiger partial charge in [0.05, 0.1) is 12.1 Å². The molecule has 0 unspecified atom stereocenters. The van der Waals surface area contributed by atoms with E-state index in [0.717, 1.165) is 37.7 Å². The second-order valence-corrected chi connectivity index (χ2v) is 7.39. The highest BCUT2D eigenvalue weighted by Crippen LogP contribution is 2.31. The number of halogens is 1. The van der Waals surface area contributed by atoms with Crippen LogP contribution < -0.4 is 10.6 Å². The number of nitrogens with one attached hydrogen (secondary N) is 2. The zero-order chi connectivity index (χ0) is 16.0. The summed E-state index contributed by atoms with van der Waals surface area (Å²) in [5.41, 5.74) is -0.539. The van der Waals surface area contributed by atoms with Crippen molar-refractivity contribution in [3.63, 3.8) is 0 Å². The molecule has 0 atom stereocenters. The molecule has 0 aromatic rings. The molecule has 2 aliphatic rings. The smallest absolute Gasteiger partial charge is 0.191 e. The lowest BCUT2D eigenvalue weighted by Gasteiger charge is -2.36. The number of hydrogen-bond acceptors (Lipinski definition) is 3. The van der Waals surface area contributed by atoms with Crippen LogP contribution in [0.2, 0.25) is 0 Å². The summed E-state index contributed by atoms with van der Waals surface area (Å²) in [7, 11) is 0. The molecular weight excluding hydrogens is 403 g/mol. The Hall–Kier alpha value is -0.0800. The molecule has 1 aliphatic carbocycles. The summed E-state index contributed by atoms with van der Waals surface area (Å²) in [4.78, 5) is 7.16. The van der Waals surface area contributed by atoms with Crippen molar-refractivity contribution in [1.82, 2.24) is 15.5 Å². The van der Waals surface area contributed by atoms with Gasteiger partial charge in [0.15, 0.2) is 5.96 Å². The highest BCUT2D eigenvalue weighted by atomic mass is 127. The van der Waals surface area contributed by atoms with Gasteiger partial charge >= 0.3 is 0 Å². The van der Waals surface area contributed by atoms with Crippen molar-refractivity contribution in [2.24, 2.45) is 10.9 Å². The summed E-state index contributed by atoms with van der Waals surface area (Å²) in [6.07, 6.45) is 5.25. The topological polar surface area (TPSA) is 59.9 Å². The van der Waals surface area contributed by atoms with Crippen LogP contribution in [-0.4, -0.2) is 60.3 Å². The van der Waals surface area contributed by atoms with Crippen molar-refractivity contribution in [1.29, 1.82) is 0 Å². The third kappa shape index (κ3) is 7.13. The lowest BCUT2D eigenvalue weighted by atomic mass is 9.80. The summed E-state index contributed by atoms with van der Waals surface area (Å²) < 4.78 is 0. The summed E-state index contributed by atoms with van der Waals surface area (Å²) >= 11 is 0. The zero-order valence-corrected chi connectivity index (χ0v) is 17.3. The first kappa shape index (κ1) is 21.0. The molecule has 1 saturated carbocycles. The van der Waals surface area contributed by atoms with Gasteiger partial charge in [0.2, 0.25) is 0 Å². The Morgan fingerprint density at radius 1 is 1.30 bits per heavy atom. The van der Waals surface area contributed by atoms with E-state index < -0.39 is 5.60 Å². The van der Waals surface area contributed by atoms with Gasteiger partial charge in [-0.2, -0.15) is 0 Å². The van der Waals surface area contributed by atoms with Crippen LogP contribution in [0.15, 0.2) is 4.99 Å². The highest BCUT2D eigenvalue weighted by molar-refractivity contribution is 14.0. The quantitative estimate of drug-likeness (QED) is 0.338. The lowest BCUT2D eigenvalue weighted by Crippen LogP contribution is -2.50. The third-order valence-corrected chi connectivity index (χ3v) is 4.71. The van der Waals surface area contributed by atoms with Gasteiger partial charge in [0.25, 0.3) is 0 Å². The van der Waals surface area contributed by atoms with Crippen molar-refractivity contribution < 1.29 is 5.11 Å². The molecule has 0 aromatic carbocycles. The average molecular weight is 438 g/mol. The van der Waals surface area contributed by atoms with Crippen molar-refractivity contribution in [2.45, 2.75) is 64.5 Å². The van der Waals surface area contributed by atoms with Crippen molar-refractivity contribution in [3.8, 4) is 0 Å². The van der Waals surface area contributed by atoms with E-state index in [1.54, 1.807) is 0 Å². The average Bonchev–Trinajstić information content (AvgIpc) is 2.44. The van der Waals surface area contributed by atoms with Crippen LogP contribution >= 0.6 is 24.0 Å². The number of piperidine rings is 1. The molecule has 2 rings (SSSR count). The maximum Gasteiger partial charge on any atom is 0.191 e. The first-order valence-electron chi connectivity index (χ1n) is 9.00. The third-order valence-electron chi connectivity index (χ3n) is 4.71. The number of hydrogen-bond donors (Lipinski definition) is 3. The number of aliphatic imine (C=N–C) groups is 1. The van der Waals surface area contributed by atoms with E-state index in [0.29, 0.717) is 12.6 Å². The predicted octanol–water partition coefficient (Wildman–Crippen LogP) is 2.19. The molecule has 5 nitrogen and oxygen atoms in total. The Balaban J connectivity index is 0.00000264. The maximum atomic E-state index is 10.2. The zero-order valence-electron chi connectivity index (χ0n) is 15.0.